The molecule has 1 aliphatic carbocycles. The highest BCUT2D eigenvalue weighted by molar-refractivity contribution is 5.89. The second-order valence-electron chi connectivity index (χ2n) is 6.52. The zero-order valence-corrected chi connectivity index (χ0v) is 14.6. The number of hydrogen-bond acceptors (Lipinski definition) is 4. The van der Waals surface area contributed by atoms with E-state index in [1.165, 1.54) is 6.08 Å². The van der Waals surface area contributed by atoms with Crippen LogP contribution >= 0.6 is 0 Å². The van der Waals surface area contributed by atoms with Crippen molar-refractivity contribution in [3.05, 3.63) is 70.5 Å². The molecule has 0 atom stereocenters. The minimum atomic E-state index is -0.885. The first-order valence-electron chi connectivity index (χ1n) is 8.72. The van der Waals surface area contributed by atoms with Gasteiger partial charge in [0.05, 0.1) is 0 Å². The SMILES string of the molecule is NCc1ccc(C2=CC=C(N3CCC(=CC(=O)O)CC3)CC2=C=O)cc1. The van der Waals surface area contributed by atoms with E-state index in [9.17, 15) is 9.59 Å². The normalized spacial score (nSPS) is 17.3. The molecule has 0 aromatic heterocycles. The zero-order valence-electron chi connectivity index (χ0n) is 14.6. The van der Waals surface area contributed by atoms with E-state index in [0.717, 1.165) is 53.9 Å². The molecule has 1 aromatic rings. The summed E-state index contributed by atoms with van der Waals surface area (Å²) in [5.41, 5.74) is 11.3. The van der Waals surface area contributed by atoms with Crippen molar-refractivity contribution < 1.29 is 14.7 Å². The third-order valence-electron chi connectivity index (χ3n) is 4.89. The van der Waals surface area contributed by atoms with Gasteiger partial charge in [0.25, 0.3) is 0 Å². The summed E-state index contributed by atoms with van der Waals surface area (Å²) in [5, 5.41) is 8.85. The fraction of sp³-hybridized carbons (Fsp3) is 0.286. The summed E-state index contributed by atoms with van der Waals surface area (Å²) < 4.78 is 0. The van der Waals surface area contributed by atoms with Crippen LogP contribution < -0.4 is 5.73 Å². The van der Waals surface area contributed by atoms with E-state index in [1.807, 2.05) is 30.3 Å². The second-order valence-corrected chi connectivity index (χ2v) is 6.52. The first-order chi connectivity index (χ1) is 12.6. The summed E-state index contributed by atoms with van der Waals surface area (Å²) >= 11 is 0. The summed E-state index contributed by atoms with van der Waals surface area (Å²) in [6.07, 6.45) is 7.36. The Bertz CT molecular complexity index is 831. The topological polar surface area (TPSA) is 83.6 Å². The number of nitrogens with zero attached hydrogens (tertiary/aromatic N) is 1. The van der Waals surface area contributed by atoms with Crippen LogP contribution in [0, 0.1) is 0 Å². The molecule has 5 nitrogen and oxygen atoms in total. The molecule has 1 fully saturated rings. The number of likely N-dealkylation sites (tertiary alicyclic amines) is 1. The molecule has 1 aliphatic heterocycles. The summed E-state index contributed by atoms with van der Waals surface area (Å²) in [4.78, 5) is 24.5. The number of benzene rings is 1. The lowest BCUT2D eigenvalue weighted by Gasteiger charge is -2.33. The van der Waals surface area contributed by atoms with Crippen molar-refractivity contribution >= 4 is 17.5 Å². The smallest absolute Gasteiger partial charge is 0.328 e. The monoisotopic (exact) mass is 350 g/mol. The molecule has 0 amide bonds. The van der Waals surface area contributed by atoms with Crippen molar-refractivity contribution in [3.8, 4) is 0 Å². The Labute approximate surface area is 152 Å². The molecule has 3 N–H and O–H groups in total. The molecule has 3 rings (SSSR count). The van der Waals surface area contributed by atoms with Gasteiger partial charge in [0.15, 0.2) is 0 Å². The van der Waals surface area contributed by atoms with Crippen LogP contribution in [0.1, 0.15) is 30.4 Å². The minimum absolute atomic E-state index is 0.493. The molecule has 5 heteroatoms. The zero-order chi connectivity index (χ0) is 18.5. The third kappa shape index (κ3) is 4.02. The van der Waals surface area contributed by atoms with Gasteiger partial charge in [-0.1, -0.05) is 35.9 Å². The highest BCUT2D eigenvalue weighted by atomic mass is 16.4. The summed E-state index contributed by atoms with van der Waals surface area (Å²) in [6, 6.07) is 7.90. The number of carbonyl (C=O) groups is 1. The number of nitrogens with two attached hydrogens (primary N) is 1. The fourth-order valence-corrected chi connectivity index (χ4v) is 3.41. The predicted molar refractivity (Wildman–Crippen MR) is 101 cm³/mol. The maximum absolute atomic E-state index is 11.5. The van der Waals surface area contributed by atoms with E-state index in [-0.39, 0.29) is 0 Å². The molecule has 1 heterocycles. The lowest BCUT2D eigenvalue weighted by Crippen LogP contribution is -2.31. The average molecular weight is 350 g/mol. The van der Waals surface area contributed by atoms with Gasteiger partial charge in [-0.25, -0.2) is 9.59 Å². The molecule has 0 saturated carbocycles. The molecule has 134 valence electrons. The minimum Gasteiger partial charge on any atom is -0.478 e. The van der Waals surface area contributed by atoms with Crippen LogP contribution in [0.4, 0.5) is 0 Å². The fourth-order valence-electron chi connectivity index (χ4n) is 3.41. The van der Waals surface area contributed by atoms with Crippen LogP contribution in [-0.4, -0.2) is 35.0 Å². The maximum Gasteiger partial charge on any atom is 0.328 e. The average Bonchev–Trinajstić information content (AvgIpc) is 2.68. The molecule has 1 saturated heterocycles. The Hall–Kier alpha value is -2.88. The van der Waals surface area contributed by atoms with Crippen molar-refractivity contribution in [2.24, 2.45) is 5.73 Å². The Morgan fingerprint density at radius 3 is 2.46 bits per heavy atom. The van der Waals surface area contributed by atoms with Crippen molar-refractivity contribution in [2.45, 2.75) is 25.8 Å². The quantitative estimate of drug-likeness (QED) is 0.644. The number of hydrogen-bond donors (Lipinski definition) is 2. The van der Waals surface area contributed by atoms with E-state index >= 15 is 0 Å². The van der Waals surface area contributed by atoms with E-state index in [2.05, 4.69) is 16.9 Å². The van der Waals surface area contributed by atoms with Gasteiger partial charge in [-0.05, 0) is 35.6 Å². The standard InChI is InChI=1S/C21H22N2O3/c22-13-16-1-3-17(4-2-16)20-6-5-19(12-18(20)14-24)23-9-7-15(8-10-23)11-21(25)26/h1-6,11H,7-10,12-13,22H2,(H,25,26). The van der Waals surface area contributed by atoms with Gasteiger partial charge in [-0.15, -0.1) is 0 Å². The second kappa shape index (κ2) is 8.00. The Morgan fingerprint density at radius 2 is 1.88 bits per heavy atom. The van der Waals surface area contributed by atoms with Crippen LogP contribution in [-0.2, 0) is 16.1 Å². The molecule has 26 heavy (non-hydrogen) atoms. The number of carboxylic acid groups (broad SMARTS) is 1. The van der Waals surface area contributed by atoms with E-state index < -0.39 is 5.97 Å². The van der Waals surface area contributed by atoms with Crippen molar-refractivity contribution in [1.82, 2.24) is 4.90 Å². The number of rotatable bonds is 4. The van der Waals surface area contributed by atoms with Crippen LogP contribution in [0.3, 0.4) is 0 Å². The first kappa shape index (κ1) is 17.9. The van der Waals surface area contributed by atoms with Crippen LogP contribution in [0.5, 0.6) is 0 Å². The maximum atomic E-state index is 11.5. The van der Waals surface area contributed by atoms with Crippen LogP contribution in [0.25, 0.3) is 5.57 Å². The molecule has 0 radical (unpaired) electrons. The van der Waals surface area contributed by atoms with E-state index in [4.69, 9.17) is 10.8 Å². The van der Waals surface area contributed by atoms with Gasteiger partial charge in [0.2, 0.25) is 0 Å². The van der Waals surface area contributed by atoms with Crippen LogP contribution in [0.15, 0.2) is 59.3 Å². The number of aliphatic carboxylic acids is 1. The predicted octanol–water partition coefficient (Wildman–Crippen LogP) is 2.68. The Morgan fingerprint density at radius 1 is 1.19 bits per heavy atom. The molecule has 2 aliphatic rings. The van der Waals surface area contributed by atoms with Gasteiger partial charge < -0.3 is 15.7 Å². The number of allylic oxidation sites excluding steroid dienone is 4. The molecule has 1 aromatic carbocycles. The first-order valence-corrected chi connectivity index (χ1v) is 8.72. The van der Waals surface area contributed by atoms with Gasteiger partial charge >= 0.3 is 5.97 Å². The largest absolute Gasteiger partial charge is 0.478 e. The van der Waals surface area contributed by atoms with Crippen molar-refractivity contribution in [1.29, 1.82) is 0 Å². The molecule has 0 bridgehead atoms. The lowest BCUT2D eigenvalue weighted by atomic mass is 9.90. The van der Waals surface area contributed by atoms with E-state index in [1.54, 1.807) is 0 Å². The number of carboxylic acids is 1. The highest BCUT2D eigenvalue weighted by Gasteiger charge is 2.22. The van der Waals surface area contributed by atoms with Crippen molar-refractivity contribution in [3.63, 3.8) is 0 Å². The highest BCUT2D eigenvalue weighted by Crippen LogP contribution is 2.33. The lowest BCUT2D eigenvalue weighted by molar-refractivity contribution is -0.131. The molecular formula is C21H22N2O3. The molecule has 0 spiro atoms. The molecule has 0 unspecified atom stereocenters. The van der Waals surface area contributed by atoms with Crippen molar-refractivity contribution in [2.75, 3.05) is 13.1 Å². The van der Waals surface area contributed by atoms with Gasteiger partial charge in [0, 0.05) is 43.4 Å². The third-order valence-corrected chi connectivity index (χ3v) is 4.89. The Kier molecular flexibility index (Phi) is 5.52. The number of carbonyl (C=O) groups excluding carboxylic acids is 1. The Balaban J connectivity index is 1.77. The summed E-state index contributed by atoms with van der Waals surface area (Å²) in [6.45, 7) is 2.03. The molecular weight excluding hydrogens is 328 g/mol. The van der Waals surface area contributed by atoms with Gasteiger partial charge in [0.1, 0.15) is 5.94 Å². The summed E-state index contributed by atoms with van der Waals surface area (Å²) in [7, 11) is 0. The van der Waals surface area contributed by atoms with Gasteiger partial charge in [-0.2, -0.15) is 0 Å². The summed E-state index contributed by atoms with van der Waals surface area (Å²) in [5.74, 6) is 1.22. The van der Waals surface area contributed by atoms with Crippen LogP contribution in [0.2, 0.25) is 0 Å². The van der Waals surface area contributed by atoms with E-state index in [0.29, 0.717) is 18.5 Å². The van der Waals surface area contributed by atoms with Gasteiger partial charge in [-0.3, -0.25) is 0 Å². The number of piperidine rings is 1.